The molecule has 0 atom stereocenters. The van der Waals surface area contributed by atoms with Crippen molar-refractivity contribution in [1.29, 1.82) is 0 Å². The Morgan fingerprint density at radius 3 is 2.68 bits per heavy atom. The zero-order valence-electron chi connectivity index (χ0n) is 13.5. The van der Waals surface area contributed by atoms with Crippen molar-refractivity contribution in [2.75, 3.05) is 17.7 Å². The van der Waals surface area contributed by atoms with Crippen LogP contribution in [0, 0.1) is 12.7 Å². The maximum atomic E-state index is 13.7. The SMILES string of the molecule is COc1cc(Cl)c(C)cc1Nc1cnnc(Nc2ccccc2F)n1. The van der Waals surface area contributed by atoms with Crippen molar-refractivity contribution in [3.63, 3.8) is 0 Å². The Morgan fingerprint density at radius 1 is 1.12 bits per heavy atom. The molecule has 0 bridgehead atoms. The Balaban J connectivity index is 1.85. The third kappa shape index (κ3) is 3.95. The second-order valence-corrected chi connectivity index (χ2v) is 5.60. The summed E-state index contributed by atoms with van der Waals surface area (Å²) in [5.41, 5.74) is 1.83. The number of rotatable bonds is 5. The molecule has 0 aliphatic carbocycles. The second-order valence-electron chi connectivity index (χ2n) is 5.20. The van der Waals surface area contributed by atoms with Crippen LogP contribution in [0.2, 0.25) is 5.02 Å². The number of anilines is 4. The summed E-state index contributed by atoms with van der Waals surface area (Å²) < 4.78 is 19.0. The molecule has 0 fully saturated rings. The van der Waals surface area contributed by atoms with Gasteiger partial charge in [-0.3, -0.25) is 0 Å². The topological polar surface area (TPSA) is 72.0 Å². The van der Waals surface area contributed by atoms with E-state index >= 15 is 0 Å². The summed E-state index contributed by atoms with van der Waals surface area (Å²) in [5.74, 6) is 0.755. The van der Waals surface area contributed by atoms with Crippen LogP contribution in [0.5, 0.6) is 5.75 Å². The molecular weight excluding hydrogens is 345 g/mol. The van der Waals surface area contributed by atoms with Gasteiger partial charge in [-0.25, -0.2) is 4.39 Å². The van der Waals surface area contributed by atoms with Crippen molar-refractivity contribution >= 4 is 34.7 Å². The smallest absolute Gasteiger partial charge is 0.249 e. The molecule has 0 aliphatic heterocycles. The average molecular weight is 360 g/mol. The molecule has 1 aromatic heterocycles. The van der Waals surface area contributed by atoms with E-state index in [4.69, 9.17) is 16.3 Å². The number of nitrogens with one attached hydrogen (secondary N) is 2. The zero-order valence-corrected chi connectivity index (χ0v) is 14.3. The van der Waals surface area contributed by atoms with Crippen LogP contribution in [0.4, 0.5) is 27.5 Å². The highest BCUT2D eigenvalue weighted by Gasteiger charge is 2.10. The predicted molar refractivity (Wildman–Crippen MR) is 95.5 cm³/mol. The molecule has 1 heterocycles. The van der Waals surface area contributed by atoms with E-state index in [2.05, 4.69) is 25.8 Å². The van der Waals surface area contributed by atoms with Gasteiger partial charge in [0, 0.05) is 11.1 Å². The first-order valence-electron chi connectivity index (χ1n) is 7.39. The van der Waals surface area contributed by atoms with E-state index in [9.17, 15) is 4.39 Å². The molecular formula is C17H15ClFN5O. The average Bonchev–Trinajstić information content (AvgIpc) is 2.60. The first kappa shape index (κ1) is 16.9. The molecule has 0 saturated heterocycles. The number of benzene rings is 2. The van der Waals surface area contributed by atoms with Gasteiger partial charge in [0.25, 0.3) is 0 Å². The molecule has 0 saturated carbocycles. The van der Waals surface area contributed by atoms with Crippen LogP contribution in [0.1, 0.15) is 5.56 Å². The first-order valence-corrected chi connectivity index (χ1v) is 7.77. The lowest BCUT2D eigenvalue weighted by molar-refractivity contribution is 0.416. The van der Waals surface area contributed by atoms with Crippen LogP contribution < -0.4 is 15.4 Å². The van der Waals surface area contributed by atoms with Crippen LogP contribution in [-0.4, -0.2) is 22.3 Å². The van der Waals surface area contributed by atoms with Gasteiger partial charge in [-0.2, -0.15) is 10.1 Å². The molecule has 6 nitrogen and oxygen atoms in total. The molecule has 0 amide bonds. The summed E-state index contributed by atoms with van der Waals surface area (Å²) in [6.45, 7) is 1.89. The van der Waals surface area contributed by atoms with E-state index in [0.29, 0.717) is 22.3 Å². The molecule has 8 heteroatoms. The normalized spacial score (nSPS) is 10.4. The van der Waals surface area contributed by atoms with Gasteiger partial charge < -0.3 is 15.4 Å². The Hall–Kier alpha value is -2.93. The highest BCUT2D eigenvalue weighted by atomic mass is 35.5. The lowest BCUT2D eigenvalue weighted by Crippen LogP contribution is -2.04. The number of nitrogens with zero attached hydrogens (tertiary/aromatic N) is 3. The van der Waals surface area contributed by atoms with Crippen LogP contribution in [0.3, 0.4) is 0 Å². The fourth-order valence-electron chi connectivity index (χ4n) is 2.17. The molecule has 25 heavy (non-hydrogen) atoms. The van der Waals surface area contributed by atoms with Gasteiger partial charge in [0.2, 0.25) is 5.95 Å². The molecule has 0 unspecified atom stereocenters. The van der Waals surface area contributed by atoms with Gasteiger partial charge in [-0.1, -0.05) is 23.7 Å². The minimum atomic E-state index is -0.403. The first-order chi connectivity index (χ1) is 12.1. The maximum absolute atomic E-state index is 13.7. The molecule has 0 radical (unpaired) electrons. The number of ether oxygens (including phenoxy) is 1. The van der Waals surface area contributed by atoms with Gasteiger partial charge >= 0.3 is 0 Å². The summed E-state index contributed by atoms with van der Waals surface area (Å²) >= 11 is 6.11. The van der Waals surface area contributed by atoms with E-state index in [1.54, 1.807) is 31.4 Å². The van der Waals surface area contributed by atoms with E-state index < -0.39 is 5.82 Å². The van der Waals surface area contributed by atoms with E-state index in [1.807, 2.05) is 13.0 Å². The van der Waals surface area contributed by atoms with Crippen molar-refractivity contribution in [3.05, 3.63) is 59.0 Å². The van der Waals surface area contributed by atoms with E-state index in [1.165, 1.54) is 12.3 Å². The largest absolute Gasteiger partial charge is 0.495 e. The molecule has 0 aliphatic rings. The zero-order chi connectivity index (χ0) is 17.8. The Morgan fingerprint density at radius 2 is 1.92 bits per heavy atom. The Kier molecular flexibility index (Phi) is 4.95. The monoisotopic (exact) mass is 359 g/mol. The maximum Gasteiger partial charge on any atom is 0.249 e. The summed E-state index contributed by atoms with van der Waals surface area (Å²) in [4.78, 5) is 4.28. The minimum Gasteiger partial charge on any atom is -0.495 e. The highest BCUT2D eigenvalue weighted by molar-refractivity contribution is 6.31. The third-order valence-electron chi connectivity index (χ3n) is 3.42. The van der Waals surface area contributed by atoms with E-state index in [0.717, 1.165) is 5.56 Å². The van der Waals surface area contributed by atoms with Gasteiger partial charge in [-0.05, 0) is 30.7 Å². The van der Waals surface area contributed by atoms with Gasteiger partial charge in [0.15, 0.2) is 5.82 Å². The van der Waals surface area contributed by atoms with Crippen LogP contribution in [-0.2, 0) is 0 Å². The third-order valence-corrected chi connectivity index (χ3v) is 3.83. The Labute approximate surface area is 149 Å². The number of aromatic nitrogens is 3. The number of methoxy groups -OCH3 is 1. The summed E-state index contributed by atoms with van der Waals surface area (Å²) in [5, 5.41) is 14.2. The molecule has 0 spiro atoms. The fourth-order valence-corrected chi connectivity index (χ4v) is 2.32. The number of aryl methyl sites for hydroxylation is 1. The second kappa shape index (κ2) is 7.31. The number of hydrogen-bond acceptors (Lipinski definition) is 6. The number of halogens is 2. The van der Waals surface area contributed by atoms with Crippen molar-refractivity contribution in [1.82, 2.24) is 15.2 Å². The molecule has 128 valence electrons. The molecule has 2 aromatic carbocycles. The molecule has 2 N–H and O–H groups in total. The van der Waals surface area contributed by atoms with Crippen molar-refractivity contribution in [2.24, 2.45) is 0 Å². The van der Waals surface area contributed by atoms with E-state index in [-0.39, 0.29) is 11.6 Å². The Bertz CT molecular complexity index is 906. The van der Waals surface area contributed by atoms with Crippen molar-refractivity contribution in [2.45, 2.75) is 6.92 Å². The lowest BCUT2D eigenvalue weighted by atomic mass is 10.2. The number of hydrogen-bond donors (Lipinski definition) is 2. The van der Waals surface area contributed by atoms with Gasteiger partial charge in [0.1, 0.15) is 11.6 Å². The minimum absolute atomic E-state index is 0.166. The van der Waals surface area contributed by atoms with Crippen LogP contribution >= 0.6 is 11.6 Å². The summed E-state index contributed by atoms with van der Waals surface area (Å²) in [7, 11) is 1.55. The van der Waals surface area contributed by atoms with Crippen LogP contribution in [0.25, 0.3) is 0 Å². The summed E-state index contributed by atoms with van der Waals surface area (Å²) in [6.07, 6.45) is 1.45. The van der Waals surface area contributed by atoms with Crippen molar-refractivity contribution in [3.8, 4) is 5.75 Å². The molecule has 3 rings (SSSR count). The van der Waals surface area contributed by atoms with Gasteiger partial charge in [0.05, 0.1) is 24.7 Å². The van der Waals surface area contributed by atoms with Crippen LogP contribution in [0.15, 0.2) is 42.6 Å². The predicted octanol–water partition coefficient (Wildman–Crippen LogP) is 4.47. The summed E-state index contributed by atoms with van der Waals surface area (Å²) in [6, 6.07) is 9.80. The van der Waals surface area contributed by atoms with Gasteiger partial charge in [-0.15, -0.1) is 5.10 Å². The molecule has 3 aromatic rings. The highest BCUT2D eigenvalue weighted by Crippen LogP contribution is 2.32. The fraction of sp³-hybridized carbons (Fsp3) is 0.118. The number of para-hydroxylation sites is 1. The lowest BCUT2D eigenvalue weighted by Gasteiger charge is -2.13. The van der Waals surface area contributed by atoms with Crippen molar-refractivity contribution < 1.29 is 9.13 Å². The quantitative estimate of drug-likeness (QED) is 0.700. The standard InChI is InChI=1S/C17H15ClFN5O/c1-10-7-14(15(25-2)8-11(10)18)21-16-9-20-24-17(23-16)22-13-6-4-3-5-12(13)19/h3-9H,1-2H3,(H2,21,22,23,24).